The van der Waals surface area contributed by atoms with Crippen LogP contribution in [0.4, 0.5) is 0 Å². The summed E-state index contributed by atoms with van der Waals surface area (Å²) >= 11 is 3.31. The Kier molecular flexibility index (Phi) is 4.24. The summed E-state index contributed by atoms with van der Waals surface area (Å²) < 4.78 is 1.90. The molecule has 0 spiro atoms. The molecule has 0 bridgehead atoms. The highest BCUT2D eigenvalue weighted by molar-refractivity contribution is 9.10. The molecule has 0 aliphatic rings. The fourth-order valence-electron chi connectivity index (χ4n) is 1.89. The Morgan fingerprint density at radius 2 is 2.15 bits per heavy atom. The molecule has 0 atom stereocenters. The lowest BCUT2D eigenvalue weighted by Gasteiger charge is -2.10. The molecule has 1 aromatic carbocycles. The predicted molar refractivity (Wildman–Crippen MR) is 80.9 cm³/mol. The number of H-pyrrole nitrogens is 1. The van der Waals surface area contributed by atoms with Crippen molar-refractivity contribution in [2.75, 3.05) is 0 Å². The third kappa shape index (κ3) is 2.75. The van der Waals surface area contributed by atoms with Crippen LogP contribution in [0, 0.1) is 0 Å². The number of aromatic nitrogens is 2. The summed E-state index contributed by atoms with van der Waals surface area (Å²) in [6, 6.07) is 6.95. The van der Waals surface area contributed by atoms with E-state index in [4.69, 9.17) is 0 Å². The van der Waals surface area contributed by atoms with Crippen LogP contribution in [0.15, 0.2) is 51.0 Å². The van der Waals surface area contributed by atoms with Crippen LogP contribution in [-0.2, 0) is 6.54 Å². The van der Waals surface area contributed by atoms with Crippen LogP contribution in [0.5, 0.6) is 5.88 Å². The Hall–Kier alpha value is -2.08. The summed E-state index contributed by atoms with van der Waals surface area (Å²) in [6.07, 6.45) is 2.15. The number of rotatable bonds is 4. The average molecular weight is 337 g/mol. The van der Waals surface area contributed by atoms with Gasteiger partial charge in [0.15, 0.2) is 0 Å². The Morgan fingerprint density at radius 3 is 2.80 bits per heavy atom. The third-order valence-corrected chi connectivity index (χ3v) is 3.34. The first-order chi connectivity index (χ1) is 9.54. The summed E-state index contributed by atoms with van der Waals surface area (Å²) in [7, 11) is 0. The molecule has 1 aromatic heterocycles. The van der Waals surface area contributed by atoms with Gasteiger partial charge in [-0.05, 0) is 24.1 Å². The molecule has 0 unspecified atom stereocenters. The molecule has 2 aromatic rings. The molecular weight excluding hydrogens is 324 g/mol. The summed E-state index contributed by atoms with van der Waals surface area (Å²) in [5, 5.41) is 10.2. The van der Waals surface area contributed by atoms with Gasteiger partial charge >= 0.3 is 5.69 Å². The van der Waals surface area contributed by atoms with E-state index in [1.807, 2.05) is 6.07 Å². The van der Waals surface area contributed by atoms with Crippen LogP contribution in [0.2, 0.25) is 0 Å². The average Bonchev–Trinajstić information content (AvgIpc) is 2.38. The van der Waals surface area contributed by atoms with Crippen molar-refractivity contribution >= 4 is 15.9 Å². The van der Waals surface area contributed by atoms with E-state index in [-0.39, 0.29) is 18.0 Å². The van der Waals surface area contributed by atoms with Gasteiger partial charge in [-0.15, -0.1) is 6.58 Å². The first kappa shape index (κ1) is 14.3. The SMILES string of the molecule is C=CCCn1c(O)c(-c2cccc(Br)c2)c(=O)[nH]c1=O. The van der Waals surface area contributed by atoms with Gasteiger partial charge in [-0.3, -0.25) is 14.3 Å². The lowest BCUT2D eigenvalue weighted by Crippen LogP contribution is -2.31. The number of hydrogen-bond acceptors (Lipinski definition) is 3. The van der Waals surface area contributed by atoms with E-state index in [0.717, 1.165) is 9.04 Å². The van der Waals surface area contributed by atoms with Gasteiger partial charge in [0.25, 0.3) is 5.56 Å². The summed E-state index contributed by atoms with van der Waals surface area (Å²) in [5.41, 5.74) is -0.631. The van der Waals surface area contributed by atoms with Crippen LogP contribution in [0.3, 0.4) is 0 Å². The second kappa shape index (κ2) is 5.92. The lowest BCUT2D eigenvalue weighted by molar-refractivity contribution is 0.404. The van der Waals surface area contributed by atoms with Gasteiger partial charge in [0.2, 0.25) is 5.88 Å². The van der Waals surface area contributed by atoms with E-state index in [2.05, 4.69) is 27.5 Å². The van der Waals surface area contributed by atoms with Crippen molar-refractivity contribution in [2.45, 2.75) is 13.0 Å². The van der Waals surface area contributed by atoms with Crippen molar-refractivity contribution in [3.05, 3.63) is 62.2 Å². The lowest BCUT2D eigenvalue weighted by atomic mass is 10.1. The normalized spacial score (nSPS) is 10.4. The van der Waals surface area contributed by atoms with Crippen molar-refractivity contribution in [1.82, 2.24) is 9.55 Å². The molecule has 104 valence electrons. The van der Waals surface area contributed by atoms with Gasteiger partial charge in [0, 0.05) is 11.0 Å². The Balaban J connectivity index is 2.67. The number of halogens is 1. The molecule has 6 heteroatoms. The fourth-order valence-corrected chi connectivity index (χ4v) is 2.29. The number of nitrogens with one attached hydrogen (secondary N) is 1. The summed E-state index contributed by atoms with van der Waals surface area (Å²) in [4.78, 5) is 25.9. The van der Waals surface area contributed by atoms with Crippen molar-refractivity contribution in [3.63, 3.8) is 0 Å². The van der Waals surface area contributed by atoms with Crippen LogP contribution in [-0.4, -0.2) is 14.7 Å². The standard InChI is InChI=1S/C14H13BrN2O3/c1-2-3-7-17-13(19)11(12(18)16-14(17)20)9-5-4-6-10(15)8-9/h2,4-6,8,19H,1,3,7H2,(H,16,18,20). The number of nitrogens with zero attached hydrogens (tertiary/aromatic N) is 1. The molecular formula is C14H13BrN2O3. The quantitative estimate of drug-likeness (QED) is 0.841. The van der Waals surface area contributed by atoms with Crippen molar-refractivity contribution in [3.8, 4) is 17.0 Å². The number of hydrogen-bond donors (Lipinski definition) is 2. The first-order valence-corrected chi connectivity index (χ1v) is 6.77. The van der Waals surface area contributed by atoms with Gasteiger partial charge in [-0.25, -0.2) is 4.79 Å². The van der Waals surface area contributed by atoms with E-state index in [1.165, 1.54) is 0 Å². The Labute approximate surface area is 123 Å². The molecule has 0 radical (unpaired) electrons. The van der Waals surface area contributed by atoms with Crippen LogP contribution < -0.4 is 11.2 Å². The second-order valence-corrected chi connectivity index (χ2v) is 5.11. The highest BCUT2D eigenvalue weighted by Crippen LogP contribution is 2.26. The predicted octanol–water partition coefficient (Wildman–Crippen LogP) is 2.25. The third-order valence-electron chi connectivity index (χ3n) is 2.84. The maximum Gasteiger partial charge on any atom is 0.331 e. The molecule has 20 heavy (non-hydrogen) atoms. The topological polar surface area (TPSA) is 75.1 Å². The highest BCUT2D eigenvalue weighted by Gasteiger charge is 2.15. The number of allylic oxidation sites excluding steroid dienone is 1. The van der Waals surface area contributed by atoms with Gasteiger partial charge in [0.1, 0.15) is 5.56 Å². The maximum atomic E-state index is 11.9. The minimum Gasteiger partial charge on any atom is -0.494 e. The second-order valence-electron chi connectivity index (χ2n) is 4.20. The van der Waals surface area contributed by atoms with Gasteiger partial charge in [0.05, 0.1) is 0 Å². The molecule has 2 N–H and O–H groups in total. The van der Waals surface area contributed by atoms with Gasteiger partial charge in [-0.2, -0.15) is 0 Å². The smallest absolute Gasteiger partial charge is 0.331 e. The Morgan fingerprint density at radius 1 is 1.40 bits per heavy atom. The van der Waals surface area contributed by atoms with Crippen LogP contribution in [0.1, 0.15) is 6.42 Å². The van der Waals surface area contributed by atoms with E-state index < -0.39 is 11.2 Å². The minimum atomic E-state index is -0.631. The highest BCUT2D eigenvalue weighted by atomic mass is 79.9. The largest absolute Gasteiger partial charge is 0.494 e. The number of aromatic amines is 1. The van der Waals surface area contributed by atoms with Crippen LogP contribution >= 0.6 is 15.9 Å². The maximum absolute atomic E-state index is 11.9. The molecule has 0 amide bonds. The molecule has 0 aliphatic heterocycles. The fraction of sp³-hybridized carbons (Fsp3) is 0.143. The number of aromatic hydroxyl groups is 1. The molecule has 0 saturated heterocycles. The van der Waals surface area contributed by atoms with Gasteiger partial charge < -0.3 is 5.11 Å². The summed E-state index contributed by atoms with van der Waals surface area (Å²) in [6.45, 7) is 3.83. The monoisotopic (exact) mass is 336 g/mol. The van der Waals surface area contributed by atoms with E-state index >= 15 is 0 Å². The van der Waals surface area contributed by atoms with E-state index in [0.29, 0.717) is 12.0 Å². The van der Waals surface area contributed by atoms with Crippen molar-refractivity contribution in [2.24, 2.45) is 0 Å². The van der Waals surface area contributed by atoms with Crippen LogP contribution in [0.25, 0.3) is 11.1 Å². The van der Waals surface area contributed by atoms with Gasteiger partial charge in [-0.1, -0.05) is 34.1 Å². The zero-order valence-corrected chi connectivity index (χ0v) is 12.2. The molecule has 5 nitrogen and oxygen atoms in total. The molecule has 0 fully saturated rings. The molecule has 1 heterocycles. The molecule has 0 saturated carbocycles. The Bertz CT molecular complexity index is 762. The van der Waals surface area contributed by atoms with E-state index in [9.17, 15) is 14.7 Å². The van der Waals surface area contributed by atoms with Crippen molar-refractivity contribution in [1.29, 1.82) is 0 Å². The molecule has 2 rings (SSSR count). The van der Waals surface area contributed by atoms with Crippen molar-refractivity contribution < 1.29 is 5.11 Å². The number of benzene rings is 1. The zero-order chi connectivity index (χ0) is 14.7. The zero-order valence-electron chi connectivity index (χ0n) is 10.6. The summed E-state index contributed by atoms with van der Waals surface area (Å²) in [5.74, 6) is -0.335. The first-order valence-electron chi connectivity index (χ1n) is 5.97. The molecule has 0 aliphatic carbocycles. The minimum absolute atomic E-state index is 0.0787. The van der Waals surface area contributed by atoms with E-state index in [1.54, 1.807) is 24.3 Å².